The Bertz CT molecular complexity index is 678. The summed E-state index contributed by atoms with van der Waals surface area (Å²) in [5.41, 5.74) is 5.05. The lowest BCUT2D eigenvalue weighted by Gasteiger charge is -2.09. The lowest BCUT2D eigenvalue weighted by Crippen LogP contribution is -2.28. The Hall–Kier alpha value is -2.00. The molecule has 0 saturated heterocycles. The molecule has 0 aliphatic carbocycles. The molecule has 0 atom stereocenters. The van der Waals surface area contributed by atoms with E-state index in [1.807, 2.05) is 0 Å². The topological polar surface area (TPSA) is 90.0 Å². The zero-order valence-electron chi connectivity index (χ0n) is 10.3. The second-order valence-electron chi connectivity index (χ2n) is 4.01. The van der Waals surface area contributed by atoms with E-state index in [0.717, 1.165) is 12.1 Å². The van der Waals surface area contributed by atoms with Gasteiger partial charge in [0, 0.05) is 31.2 Å². The summed E-state index contributed by atoms with van der Waals surface area (Å²) in [5, 5.41) is 0. The van der Waals surface area contributed by atoms with Crippen molar-refractivity contribution in [3.05, 3.63) is 42.5 Å². The largest absolute Gasteiger partial charge is 0.399 e. The first-order chi connectivity index (χ1) is 9.40. The lowest BCUT2D eigenvalue weighted by molar-refractivity contribution is 0.513. The Morgan fingerprint density at radius 3 is 2.50 bits per heavy atom. The van der Waals surface area contributed by atoms with E-state index in [2.05, 4.69) is 9.71 Å². The van der Waals surface area contributed by atoms with E-state index in [4.69, 9.17) is 5.73 Å². The van der Waals surface area contributed by atoms with E-state index in [1.165, 1.54) is 12.5 Å². The molecule has 1 aromatic carbocycles. The van der Waals surface area contributed by atoms with Crippen LogP contribution in [0, 0.1) is 11.6 Å². The number of nitrogens with zero attached hydrogens (tertiary/aromatic N) is 2. The molecule has 9 heteroatoms. The molecule has 0 aliphatic rings. The predicted molar refractivity (Wildman–Crippen MR) is 68.2 cm³/mol. The molecule has 108 valence electrons. The molecule has 0 unspecified atom stereocenters. The monoisotopic (exact) mass is 302 g/mol. The molecule has 0 spiro atoms. The number of benzene rings is 1. The number of hydrogen-bond donors (Lipinski definition) is 2. The van der Waals surface area contributed by atoms with Crippen LogP contribution < -0.4 is 10.5 Å². The van der Waals surface area contributed by atoms with Crippen molar-refractivity contribution in [2.24, 2.45) is 0 Å². The van der Waals surface area contributed by atoms with Gasteiger partial charge in [-0.2, -0.15) is 0 Å². The van der Waals surface area contributed by atoms with Crippen LogP contribution in [0.15, 0.2) is 35.7 Å². The molecule has 3 N–H and O–H groups in total. The Labute approximate surface area is 114 Å². The standard InChI is InChI=1S/C11H12F2N4O2S/c12-9-5-8(14)6-10(13)11(9)20(18,19)16-2-4-17-3-1-15-7-17/h1,3,5-7,16H,2,4,14H2. The number of nitrogen functional groups attached to an aromatic ring is 1. The number of nitrogens with one attached hydrogen (secondary N) is 1. The SMILES string of the molecule is Nc1cc(F)c(S(=O)(=O)NCCn2ccnc2)c(F)c1. The molecule has 0 fully saturated rings. The average molecular weight is 302 g/mol. The smallest absolute Gasteiger partial charge is 0.246 e. The van der Waals surface area contributed by atoms with E-state index >= 15 is 0 Å². The van der Waals surface area contributed by atoms with Gasteiger partial charge in [0.1, 0.15) is 11.6 Å². The number of sulfonamides is 1. The first-order valence-corrected chi connectivity index (χ1v) is 7.08. The fourth-order valence-electron chi connectivity index (χ4n) is 1.64. The number of nitrogens with two attached hydrogens (primary N) is 1. The van der Waals surface area contributed by atoms with Gasteiger partial charge in [-0.25, -0.2) is 26.9 Å². The van der Waals surface area contributed by atoms with Gasteiger partial charge in [-0.1, -0.05) is 0 Å². The summed E-state index contributed by atoms with van der Waals surface area (Å²) in [6, 6.07) is 1.51. The van der Waals surface area contributed by atoms with Crippen molar-refractivity contribution in [3.8, 4) is 0 Å². The quantitative estimate of drug-likeness (QED) is 0.796. The molecule has 2 rings (SSSR count). The number of rotatable bonds is 5. The average Bonchev–Trinajstić information content (AvgIpc) is 2.79. The van der Waals surface area contributed by atoms with Crippen LogP contribution in [-0.4, -0.2) is 24.5 Å². The number of hydrogen-bond acceptors (Lipinski definition) is 4. The Balaban J connectivity index is 2.14. The van der Waals surface area contributed by atoms with E-state index < -0.39 is 26.6 Å². The van der Waals surface area contributed by atoms with Gasteiger partial charge in [0.25, 0.3) is 0 Å². The number of anilines is 1. The fraction of sp³-hybridized carbons (Fsp3) is 0.182. The fourth-order valence-corrected chi connectivity index (χ4v) is 2.77. The molecule has 6 nitrogen and oxygen atoms in total. The van der Waals surface area contributed by atoms with Gasteiger partial charge in [-0.15, -0.1) is 0 Å². The van der Waals surface area contributed by atoms with Crippen molar-refractivity contribution in [1.29, 1.82) is 0 Å². The molecule has 0 amide bonds. The first-order valence-electron chi connectivity index (χ1n) is 5.60. The minimum atomic E-state index is -4.28. The molecule has 20 heavy (non-hydrogen) atoms. The highest BCUT2D eigenvalue weighted by Crippen LogP contribution is 2.21. The van der Waals surface area contributed by atoms with Crippen molar-refractivity contribution < 1.29 is 17.2 Å². The number of aromatic nitrogens is 2. The van der Waals surface area contributed by atoms with Gasteiger partial charge in [0.15, 0.2) is 4.90 Å². The molecule has 1 heterocycles. The van der Waals surface area contributed by atoms with Crippen molar-refractivity contribution in [1.82, 2.24) is 14.3 Å². The van der Waals surface area contributed by atoms with E-state index in [1.54, 1.807) is 10.8 Å². The summed E-state index contributed by atoms with van der Waals surface area (Å²) in [6.07, 6.45) is 4.67. The summed E-state index contributed by atoms with van der Waals surface area (Å²) >= 11 is 0. The second-order valence-corrected chi connectivity index (χ2v) is 5.72. The first kappa shape index (κ1) is 14.4. The highest BCUT2D eigenvalue weighted by Gasteiger charge is 2.24. The third-order valence-corrected chi connectivity index (χ3v) is 4.02. The zero-order valence-corrected chi connectivity index (χ0v) is 11.1. The molecule has 0 aliphatic heterocycles. The summed E-state index contributed by atoms with van der Waals surface area (Å²) in [6.45, 7) is 0.263. The summed E-state index contributed by atoms with van der Waals surface area (Å²) in [4.78, 5) is 2.75. The highest BCUT2D eigenvalue weighted by molar-refractivity contribution is 7.89. The molecular formula is C11H12F2N4O2S. The van der Waals surface area contributed by atoms with Crippen molar-refractivity contribution in [2.75, 3.05) is 12.3 Å². The minimum absolute atomic E-state index is 0.0258. The van der Waals surface area contributed by atoms with Gasteiger partial charge in [-0.05, 0) is 12.1 Å². The molecule has 0 bridgehead atoms. The Morgan fingerprint density at radius 2 is 1.95 bits per heavy atom. The van der Waals surface area contributed by atoms with Crippen LogP contribution in [0.25, 0.3) is 0 Å². The third-order valence-electron chi connectivity index (χ3n) is 2.51. The van der Waals surface area contributed by atoms with Gasteiger partial charge >= 0.3 is 0 Å². The number of halogens is 2. The van der Waals surface area contributed by atoms with Crippen LogP contribution in [0.3, 0.4) is 0 Å². The normalized spacial score (nSPS) is 11.7. The second kappa shape index (κ2) is 5.55. The van der Waals surface area contributed by atoms with E-state index in [-0.39, 0.29) is 18.8 Å². The van der Waals surface area contributed by atoms with Gasteiger partial charge in [0.05, 0.1) is 6.33 Å². The summed E-state index contributed by atoms with van der Waals surface area (Å²) < 4.78 is 54.6. The maximum atomic E-state index is 13.6. The predicted octanol–water partition coefficient (Wildman–Crippen LogP) is 0.722. The maximum absolute atomic E-state index is 13.6. The molecular weight excluding hydrogens is 290 g/mol. The van der Waals surface area contributed by atoms with Crippen LogP contribution in [0.5, 0.6) is 0 Å². The van der Waals surface area contributed by atoms with Crippen LogP contribution >= 0.6 is 0 Å². The summed E-state index contributed by atoms with van der Waals surface area (Å²) in [5.74, 6) is -2.45. The van der Waals surface area contributed by atoms with Crippen molar-refractivity contribution >= 4 is 15.7 Å². The van der Waals surface area contributed by atoms with Crippen LogP contribution in [0.4, 0.5) is 14.5 Å². The minimum Gasteiger partial charge on any atom is -0.399 e. The molecule has 0 radical (unpaired) electrons. The van der Waals surface area contributed by atoms with Crippen molar-refractivity contribution in [2.45, 2.75) is 11.4 Å². The maximum Gasteiger partial charge on any atom is 0.246 e. The van der Waals surface area contributed by atoms with Crippen LogP contribution in [-0.2, 0) is 16.6 Å². The Kier molecular flexibility index (Phi) is 4.00. The summed E-state index contributed by atoms with van der Waals surface area (Å²) in [7, 11) is -4.28. The number of imidazole rings is 1. The molecule has 1 aromatic heterocycles. The molecule has 0 saturated carbocycles. The van der Waals surface area contributed by atoms with E-state index in [0.29, 0.717) is 0 Å². The van der Waals surface area contributed by atoms with Crippen LogP contribution in [0.1, 0.15) is 0 Å². The van der Waals surface area contributed by atoms with Gasteiger partial charge in [-0.3, -0.25) is 0 Å². The Morgan fingerprint density at radius 1 is 1.30 bits per heavy atom. The van der Waals surface area contributed by atoms with Crippen LogP contribution in [0.2, 0.25) is 0 Å². The van der Waals surface area contributed by atoms with Gasteiger partial charge < -0.3 is 10.3 Å². The van der Waals surface area contributed by atoms with Crippen molar-refractivity contribution in [3.63, 3.8) is 0 Å². The van der Waals surface area contributed by atoms with Gasteiger partial charge in [0.2, 0.25) is 10.0 Å². The lowest BCUT2D eigenvalue weighted by atomic mass is 10.3. The zero-order chi connectivity index (χ0) is 14.8. The van der Waals surface area contributed by atoms with E-state index in [9.17, 15) is 17.2 Å². The third kappa shape index (κ3) is 3.11. The molecule has 2 aromatic rings. The highest BCUT2D eigenvalue weighted by atomic mass is 32.2.